The van der Waals surface area contributed by atoms with Gasteiger partial charge in [0.05, 0.1) is 6.04 Å². The predicted molar refractivity (Wildman–Crippen MR) is 81.1 cm³/mol. The Labute approximate surface area is 129 Å². The van der Waals surface area contributed by atoms with Crippen LogP contribution in [0.5, 0.6) is 0 Å². The number of amides is 3. The number of rotatable bonds is 2. The van der Waals surface area contributed by atoms with Crippen molar-refractivity contribution in [2.24, 2.45) is 0 Å². The molecule has 6 heteroatoms. The van der Waals surface area contributed by atoms with E-state index in [0.29, 0.717) is 12.2 Å². The Balaban J connectivity index is 1.61. The molecule has 0 aliphatic carbocycles. The number of benzene rings is 1. The van der Waals surface area contributed by atoms with E-state index in [9.17, 15) is 14.0 Å². The van der Waals surface area contributed by atoms with Crippen LogP contribution in [0.3, 0.4) is 0 Å². The molecule has 1 aromatic carbocycles. The fraction of sp³-hybridized carbons (Fsp3) is 0.500. The predicted octanol–water partition coefficient (Wildman–Crippen LogP) is 2.13. The monoisotopic (exact) mass is 305 g/mol. The summed E-state index contributed by atoms with van der Waals surface area (Å²) in [5.74, 6) is -0.458. The third kappa shape index (κ3) is 3.21. The summed E-state index contributed by atoms with van der Waals surface area (Å²) >= 11 is 0. The molecule has 1 atom stereocenters. The van der Waals surface area contributed by atoms with Gasteiger partial charge in [-0.3, -0.25) is 4.79 Å². The second-order valence-corrected chi connectivity index (χ2v) is 5.88. The number of carbonyl (C=O) groups is 2. The highest BCUT2D eigenvalue weighted by molar-refractivity contribution is 5.96. The number of anilines is 1. The summed E-state index contributed by atoms with van der Waals surface area (Å²) in [6.07, 6.45) is 3.49. The van der Waals surface area contributed by atoms with Crippen molar-refractivity contribution in [1.82, 2.24) is 10.2 Å². The van der Waals surface area contributed by atoms with E-state index in [-0.39, 0.29) is 30.2 Å². The van der Waals surface area contributed by atoms with Crippen LogP contribution in [-0.4, -0.2) is 42.5 Å². The van der Waals surface area contributed by atoms with Crippen LogP contribution in [0.1, 0.15) is 25.7 Å². The van der Waals surface area contributed by atoms with E-state index in [0.717, 1.165) is 25.9 Å². The fourth-order valence-electron chi connectivity index (χ4n) is 3.06. The van der Waals surface area contributed by atoms with Crippen LogP contribution < -0.4 is 10.2 Å². The second-order valence-electron chi connectivity index (χ2n) is 5.88. The normalized spacial score (nSPS) is 22.0. The average molecular weight is 305 g/mol. The van der Waals surface area contributed by atoms with Gasteiger partial charge in [-0.1, -0.05) is 6.07 Å². The molecular formula is C16H20FN3O2. The summed E-state index contributed by atoms with van der Waals surface area (Å²) in [4.78, 5) is 27.6. The molecule has 1 aromatic rings. The Morgan fingerprint density at radius 1 is 1.23 bits per heavy atom. The molecule has 5 nitrogen and oxygen atoms in total. The number of hydrogen-bond donors (Lipinski definition) is 1. The van der Waals surface area contributed by atoms with E-state index in [1.807, 2.05) is 0 Å². The number of piperidine rings is 1. The highest BCUT2D eigenvalue weighted by Gasteiger charge is 2.32. The molecule has 2 aliphatic heterocycles. The molecule has 0 unspecified atom stereocenters. The lowest BCUT2D eigenvalue weighted by molar-refractivity contribution is -0.117. The zero-order chi connectivity index (χ0) is 15.5. The average Bonchev–Trinajstić information content (AvgIpc) is 2.88. The van der Waals surface area contributed by atoms with Gasteiger partial charge in [-0.15, -0.1) is 0 Å². The lowest BCUT2D eigenvalue weighted by atomic mass is 10.1. The van der Waals surface area contributed by atoms with Crippen LogP contribution in [0.25, 0.3) is 0 Å². The lowest BCUT2D eigenvalue weighted by Gasteiger charge is -2.28. The minimum atomic E-state index is -0.369. The van der Waals surface area contributed by atoms with E-state index in [1.165, 1.54) is 23.5 Å². The van der Waals surface area contributed by atoms with Crippen molar-refractivity contribution in [3.05, 3.63) is 30.1 Å². The maximum Gasteiger partial charge on any atom is 0.317 e. The van der Waals surface area contributed by atoms with E-state index >= 15 is 0 Å². The first-order chi connectivity index (χ1) is 10.6. The summed E-state index contributed by atoms with van der Waals surface area (Å²) in [7, 11) is 0. The van der Waals surface area contributed by atoms with Gasteiger partial charge >= 0.3 is 6.03 Å². The van der Waals surface area contributed by atoms with Crippen molar-refractivity contribution < 1.29 is 14.0 Å². The van der Waals surface area contributed by atoms with Crippen LogP contribution in [0.2, 0.25) is 0 Å². The van der Waals surface area contributed by atoms with E-state index in [2.05, 4.69) is 5.32 Å². The van der Waals surface area contributed by atoms with Crippen molar-refractivity contribution in [3.8, 4) is 0 Å². The third-order valence-electron chi connectivity index (χ3n) is 4.22. The van der Waals surface area contributed by atoms with Gasteiger partial charge in [0.15, 0.2) is 0 Å². The van der Waals surface area contributed by atoms with Gasteiger partial charge in [-0.05, 0) is 37.5 Å². The molecule has 2 aliphatic rings. The second kappa shape index (κ2) is 6.34. The molecule has 0 radical (unpaired) electrons. The Morgan fingerprint density at radius 2 is 2.00 bits per heavy atom. The number of hydrogen-bond acceptors (Lipinski definition) is 2. The Hall–Kier alpha value is -2.11. The Morgan fingerprint density at radius 3 is 2.73 bits per heavy atom. The van der Waals surface area contributed by atoms with E-state index in [1.54, 1.807) is 17.0 Å². The summed E-state index contributed by atoms with van der Waals surface area (Å²) in [5.41, 5.74) is 0.541. The van der Waals surface area contributed by atoms with Gasteiger partial charge in [-0.25, -0.2) is 9.18 Å². The molecule has 2 saturated heterocycles. The smallest absolute Gasteiger partial charge is 0.317 e. The molecule has 22 heavy (non-hydrogen) atoms. The van der Waals surface area contributed by atoms with Gasteiger partial charge in [0, 0.05) is 31.7 Å². The fourth-order valence-corrected chi connectivity index (χ4v) is 3.06. The first kappa shape index (κ1) is 14.8. The molecule has 118 valence electrons. The topological polar surface area (TPSA) is 52.7 Å². The largest absolute Gasteiger partial charge is 0.333 e. The number of urea groups is 1. The highest BCUT2D eigenvalue weighted by Crippen LogP contribution is 2.22. The summed E-state index contributed by atoms with van der Waals surface area (Å²) < 4.78 is 13.3. The third-order valence-corrected chi connectivity index (χ3v) is 4.22. The number of nitrogens with zero attached hydrogens (tertiary/aromatic N) is 2. The van der Waals surface area contributed by atoms with E-state index in [4.69, 9.17) is 0 Å². The summed E-state index contributed by atoms with van der Waals surface area (Å²) in [6, 6.07) is 5.66. The maximum atomic E-state index is 13.3. The number of nitrogens with one attached hydrogen (secondary N) is 1. The van der Waals surface area contributed by atoms with Crippen molar-refractivity contribution in [1.29, 1.82) is 0 Å². The molecule has 2 heterocycles. The number of likely N-dealkylation sites (tertiary alicyclic amines) is 1. The minimum absolute atomic E-state index is 0.0884. The van der Waals surface area contributed by atoms with Crippen LogP contribution in [0, 0.1) is 5.82 Å². The molecule has 0 spiro atoms. The number of halogens is 1. The van der Waals surface area contributed by atoms with Crippen molar-refractivity contribution in [2.75, 3.05) is 24.5 Å². The van der Waals surface area contributed by atoms with Gasteiger partial charge in [0.25, 0.3) is 0 Å². The van der Waals surface area contributed by atoms with Crippen molar-refractivity contribution in [3.63, 3.8) is 0 Å². The molecule has 3 amide bonds. The Bertz CT molecular complexity index is 572. The minimum Gasteiger partial charge on any atom is -0.333 e. The standard InChI is InChI=1S/C16H20FN3O2/c17-12-5-4-6-14(9-12)20-11-13(10-15(20)21)18-16(22)19-7-2-1-3-8-19/h4-6,9,13H,1-3,7-8,10-11H2,(H,18,22)/t13-/m0/s1. The molecule has 1 N–H and O–H groups in total. The molecule has 0 saturated carbocycles. The summed E-state index contributed by atoms with van der Waals surface area (Å²) in [6.45, 7) is 1.95. The van der Waals surface area contributed by atoms with Crippen LogP contribution in [0.4, 0.5) is 14.9 Å². The SMILES string of the molecule is O=C(N[C@H]1CC(=O)N(c2cccc(F)c2)C1)N1CCCCC1. The zero-order valence-corrected chi connectivity index (χ0v) is 12.4. The molecule has 3 rings (SSSR count). The van der Waals surface area contributed by atoms with Gasteiger partial charge < -0.3 is 15.1 Å². The van der Waals surface area contributed by atoms with E-state index < -0.39 is 0 Å². The van der Waals surface area contributed by atoms with Crippen LogP contribution in [0.15, 0.2) is 24.3 Å². The summed E-state index contributed by atoms with van der Waals surface area (Å²) in [5, 5.41) is 2.92. The Kier molecular flexibility index (Phi) is 4.27. The highest BCUT2D eigenvalue weighted by atomic mass is 19.1. The number of carbonyl (C=O) groups excluding carboxylic acids is 2. The van der Waals surface area contributed by atoms with Crippen molar-refractivity contribution >= 4 is 17.6 Å². The van der Waals surface area contributed by atoms with Gasteiger partial charge in [-0.2, -0.15) is 0 Å². The lowest BCUT2D eigenvalue weighted by Crippen LogP contribution is -2.47. The maximum absolute atomic E-state index is 13.3. The van der Waals surface area contributed by atoms with Crippen LogP contribution >= 0.6 is 0 Å². The van der Waals surface area contributed by atoms with Gasteiger partial charge in [0.1, 0.15) is 5.82 Å². The van der Waals surface area contributed by atoms with Gasteiger partial charge in [0.2, 0.25) is 5.91 Å². The quantitative estimate of drug-likeness (QED) is 0.910. The molecule has 0 bridgehead atoms. The molecule has 0 aromatic heterocycles. The molecule has 2 fully saturated rings. The van der Waals surface area contributed by atoms with Crippen LogP contribution in [-0.2, 0) is 4.79 Å². The molecular weight excluding hydrogens is 285 g/mol. The first-order valence-electron chi connectivity index (χ1n) is 7.75. The first-order valence-corrected chi connectivity index (χ1v) is 7.75. The van der Waals surface area contributed by atoms with Crippen molar-refractivity contribution in [2.45, 2.75) is 31.7 Å². The zero-order valence-electron chi connectivity index (χ0n) is 12.4.